The molecule has 8 aliphatic rings. The Kier molecular flexibility index (Phi) is 18.0. The van der Waals surface area contributed by atoms with Crippen molar-refractivity contribution < 1.29 is 71.1 Å². The highest BCUT2D eigenvalue weighted by Gasteiger charge is 2.74. The van der Waals surface area contributed by atoms with Crippen molar-refractivity contribution in [1.29, 1.82) is 0 Å². The molecule has 0 radical (unpaired) electrons. The van der Waals surface area contributed by atoms with E-state index < -0.39 is 95.5 Å². The predicted octanol–water partition coefficient (Wildman–Crippen LogP) is 12.7. The van der Waals surface area contributed by atoms with E-state index >= 15 is 0 Å². The molecule has 7 heterocycles. The van der Waals surface area contributed by atoms with Gasteiger partial charge < -0.3 is 56.7 Å². The average Bonchev–Trinajstić information content (AvgIpc) is 0.689. The van der Waals surface area contributed by atoms with Crippen molar-refractivity contribution in [3.8, 4) is 34.1 Å². The van der Waals surface area contributed by atoms with Crippen LogP contribution in [-0.4, -0.2) is 101 Å². The molecule has 3 aliphatic heterocycles. The number of rotatable bonds is 9. The van der Waals surface area contributed by atoms with Crippen LogP contribution >= 0.6 is 0 Å². The Hall–Kier alpha value is -5.77. The molecule has 12 rings (SSSR count). The standard InChI is InChI=1S/C40H53NO10.C33H47NO7Si/c1-22(2)34(43)47-21-39(6)28-19-30(50-36(45)24-12-9-8-10-13-24)40(7)33(38(28,5)16-15-29(39)49-35(44)23(3)4)32(42)31-27(51-40)18-26(48-37(31)46)25-14-11-17-41-20-25;1-29(2,3)42(30(4,5)6)38-18-32(8)22-16-23(35)33(9)27(31(22,7)13-12-24(32)41-42)26(36)25-21(40-33)15-20(39-28(25)37)19-11-10-14-34-17-19/h11,14,17-18,20,22-24,28-30,32-33,42H,8-10,12-13,15-16,19,21H2,1-7H3;10-11,14-15,17,22-24,26-27,35-36H,12-13,16,18H2,1-9H3/t28?,29-,30-,32-,33?,38-,39-,40+;22?,23-,24-,26-,27?,31-,32-,33+/m00/s1. The van der Waals surface area contributed by atoms with Crippen molar-refractivity contribution in [2.45, 2.75) is 239 Å². The quantitative estimate of drug-likeness (QED) is 0.0799. The first kappa shape index (κ1) is 68.6. The summed E-state index contributed by atoms with van der Waals surface area (Å²) in [5.41, 5.74) is -4.92. The summed E-state index contributed by atoms with van der Waals surface area (Å²) in [5, 5.41) is 36.1. The molecule has 508 valence electrons. The molecule has 6 fully saturated rings. The van der Waals surface area contributed by atoms with E-state index in [0.29, 0.717) is 49.2 Å². The zero-order valence-electron chi connectivity index (χ0n) is 57.4. The second kappa shape index (κ2) is 24.4. The summed E-state index contributed by atoms with van der Waals surface area (Å²) in [6.07, 6.45) is 9.32. The van der Waals surface area contributed by atoms with Gasteiger partial charge in [0.15, 0.2) is 0 Å². The number of hydrogen-bond acceptors (Lipinski definition) is 19. The Labute approximate surface area is 548 Å². The summed E-state index contributed by atoms with van der Waals surface area (Å²) >= 11 is 0. The minimum Gasteiger partial charge on any atom is -0.484 e. The second-order valence-corrected chi connectivity index (χ2v) is 37.3. The van der Waals surface area contributed by atoms with Crippen molar-refractivity contribution >= 4 is 26.5 Å². The molecule has 5 aliphatic carbocycles. The van der Waals surface area contributed by atoms with Gasteiger partial charge in [0.2, 0.25) is 0 Å². The maximum Gasteiger partial charge on any atom is 0.349 e. The van der Waals surface area contributed by atoms with Gasteiger partial charge in [-0.15, -0.1) is 0 Å². The number of hydrogen-bond donors (Lipinski definition) is 3. The van der Waals surface area contributed by atoms with Crippen molar-refractivity contribution in [1.82, 2.24) is 9.97 Å². The normalized spacial score (nSPS) is 36.0. The first-order valence-electron chi connectivity index (χ1n) is 34.0. The number of carbonyl (C=O) groups excluding carboxylic acids is 3. The lowest BCUT2D eigenvalue weighted by atomic mass is 9.42. The van der Waals surface area contributed by atoms with Crippen LogP contribution in [0.4, 0.5) is 0 Å². The van der Waals surface area contributed by atoms with E-state index in [1.807, 2.05) is 20.8 Å². The molecule has 93 heavy (non-hydrogen) atoms. The maximum atomic E-state index is 13.9. The van der Waals surface area contributed by atoms with Crippen LogP contribution in [0.2, 0.25) is 10.1 Å². The number of pyridine rings is 2. The summed E-state index contributed by atoms with van der Waals surface area (Å²) in [6, 6.07) is 10.3. The Morgan fingerprint density at radius 3 is 1.68 bits per heavy atom. The summed E-state index contributed by atoms with van der Waals surface area (Å²) in [7, 11) is -2.68. The van der Waals surface area contributed by atoms with Crippen LogP contribution < -0.4 is 20.7 Å². The summed E-state index contributed by atoms with van der Waals surface area (Å²) in [6.45, 7) is 33.2. The molecule has 20 heteroatoms. The van der Waals surface area contributed by atoms with Gasteiger partial charge in [0.25, 0.3) is 0 Å². The SMILES string of the molecule is CC(C)(C)[Si]1(C(C)(C)C)OC[C@@]2(C)C3C[C@H](O)[C@@]4(C)Oc5cc(-c6cccnc6)oc(=O)c5[C@H](O)C4[C@@]3(C)CC[C@@H]2O1.CC(C)C(=O)OC[C@@]1(C)C2C[C@H](OC(=O)C3CCCCC3)[C@@]3(C)Oc4cc(-c5cccnc5)oc(=O)c4[C@H](O)C3[C@@]2(C)CC[C@@H]1OC(=O)C(C)C. The molecular weight excluding hydrogens is 1200 g/mol. The molecule has 4 aromatic heterocycles. The monoisotopic (exact) mass is 1300 g/mol. The van der Waals surface area contributed by atoms with E-state index in [0.717, 1.165) is 44.9 Å². The van der Waals surface area contributed by atoms with Gasteiger partial charge in [-0.25, -0.2) is 9.59 Å². The van der Waals surface area contributed by atoms with Gasteiger partial charge in [-0.1, -0.05) is 116 Å². The Morgan fingerprint density at radius 2 is 1.16 bits per heavy atom. The van der Waals surface area contributed by atoms with Crippen LogP contribution in [0, 0.1) is 63.1 Å². The third-order valence-corrected chi connectivity index (χ3v) is 29.0. The minimum absolute atomic E-state index is 0.00523. The molecule has 0 aromatic carbocycles. The number of aliphatic hydroxyl groups excluding tert-OH is 3. The third kappa shape index (κ3) is 11.3. The molecule has 4 aromatic rings. The fraction of sp³-hybridized carbons (Fsp3) is 0.685. The summed E-state index contributed by atoms with van der Waals surface area (Å²) in [4.78, 5) is 75.4. The number of esters is 3. The van der Waals surface area contributed by atoms with Crippen molar-refractivity contribution in [2.24, 2.45) is 63.1 Å². The average molecular weight is 1310 g/mol. The lowest BCUT2D eigenvalue weighted by molar-refractivity contribution is -0.272. The Bertz CT molecular complexity index is 3560. The van der Waals surface area contributed by atoms with E-state index in [1.54, 1.807) is 88.9 Å². The van der Waals surface area contributed by atoms with Gasteiger partial charge in [-0.05, 0) is 112 Å². The number of carbonyl (C=O) groups is 3. The number of nitrogens with zero attached hydrogens (tertiary/aromatic N) is 2. The van der Waals surface area contributed by atoms with E-state index in [2.05, 4.69) is 72.3 Å². The third-order valence-electron chi connectivity index (χ3n) is 23.9. The molecule has 0 bridgehead atoms. The van der Waals surface area contributed by atoms with E-state index in [9.17, 15) is 39.3 Å². The van der Waals surface area contributed by atoms with Gasteiger partial charge in [-0.3, -0.25) is 24.4 Å². The highest BCUT2D eigenvalue weighted by Crippen LogP contribution is 2.71. The lowest BCUT2D eigenvalue weighted by Crippen LogP contribution is -2.74. The van der Waals surface area contributed by atoms with Crippen molar-refractivity contribution in [3.63, 3.8) is 0 Å². The summed E-state index contributed by atoms with van der Waals surface area (Å²) in [5.74, 6) is -2.77. The van der Waals surface area contributed by atoms with Gasteiger partial charge in [-0.2, -0.15) is 0 Å². The van der Waals surface area contributed by atoms with Crippen LogP contribution in [-0.2, 0) is 37.4 Å². The van der Waals surface area contributed by atoms with Crippen LogP contribution in [0.1, 0.15) is 205 Å². The van der Waals surface area contributed by atoms with Crippen molar-refractivity contribution in [3.05, 3.63) is 93.2 Å². The number of aliphatic hydroxyl groups is 3. The van der Waals surface area contributed by atoms with Gasteiger partial charge in [0.05, 0.1) is 42.2 Å². The fourth-order valence-corrected chi connectivity index (χ4v) is 24.5. The van der Waals surface area contributed by atoms with E-state index in [4.69, 9.17) is 41.4 Å². The molecule has 1 saturated heterocycles. The largest absolute Gasteiger partial charge is 0.484 e. The highest BCUT2D eigenvalue weighted by atomic mass is 28.4. The van der Waals surface area contributed by atoms with Crippen molar-refractivity contribution in [2.75, 3.05) is 13.2 Å². The molecule has 4 unspecified atom stereocenters. The fourth-order valence-electron chi connectivity index (χ4n) is 19.3. The smallest absolute Gasteiger partial charge is 0.349 e. The first-order valence-corrected chi connectivity index (χ1v) is 35.8. The zero-order valence-corrected chi connectivity index (χ0v) is 58.4. The molecule has 19 nitrogen and oxygen atoms in total. The van der Waals surface area contributed by atoms with Crippen LogP contribution in [0.15, 0.2) is 79.6 Å². The molecule has 0 amide bonds. The number of fused-ring (bicyclic) bond motifs is 10. The molecule has 3 N–H and O–H groups in total. The highest BCUT2D eigenvalue weighted by molar-refractivity contribution is 6.73. The molecule has 5 saturated carbocycles. The van der Waals surface area contributed by atoms with E-state index in [1.165, 1.54) is 0 Å². The lowest BCUT2D eigenvalue weighted by Gasteiger charge is -2.69. The zero-order chi connectivity index (χ0) is 67.6. The van der Waals surface area contributed by atoms with Gasteiger partial charge >= 0.3 is 37.7 Å². The first-order chi connectivity index (χ1) is 43.5. The number of ether oxygens (including phenoxy) is 5. The molecule has 0 spiro atoms. The van der Waals surface area contributed by atoms with Crippen LogP contribution in [0.25, 0.3) is 22.6 Å². The summed E-state index contributed by atoms with van der Waals surface area (Å²) < 4.78 is 57.8. The van der Waals surface area contributed by atoms with Gasteiger partial charge in [0.1, 0.15) is 64.2 Å². The van der Waals surface area contributed by atoms with Gasteiger partial charge in [0, 0.05) is 87.4 Å². The molecular formula is C73H100N2O17Si. The maximum absolute atomic E-state index is 13.9. The van der Waals surface area contributed by atoms with Crippen LogP contribution in [0.3, 0.4) is 0 Å². The predicted molar refractivity (Wildman–Crippen MR) is 347 cm³/mol. The molecule has 16 atom stereocenters. The Balaban J connectivity index is 0.000000194. The van der Waals surface area contributed by atoms with E-state index in [-0.39, 0.29) is 98.2 Å². The minimum atomic E-state index is -2.68. The number of aromatic nitrogens is 2. The topological polar surface area (TPSA) is 263 Å². The van der Waals surface area contributed by atoms with Crippen LogP contribution in [0.5, 0.6) is 11.5 Å². The Morgan fingerprint density at radius 1 is 0.645 bits per heavy atom. The second-order valence-electron chi connectivity index (χ2n) is 32.6.